The molecule has 0 bridgehead atoms. The Kier molecular flexibility index (Phi) is 5.85. The molecule has 0 radical (unpaired) electrons. The smallest absolute Gasteiger partial charge is 0.266 e. The van der Waals surface area contributed by atoms with Gasteiger partial charge in [0.2, 0.25) is 0 Å². The predicted molar refractivity (Wildman–Crippen MR) is 104 cm³/mol. The van der Waals surface area contributed by atoms with E-state index in [9.17, 15) is 13.6 Å². The van der Waals surface area contributed by atoms with Gasteiger partial charge < -0.3 is 0 Å². The lowest BCUT2D eigenvalue weighted by molar-refractivity contribution is 0.100. The summed E-state index contributed by atoms with van der Waals surface area (Å²) in [4.78, 5) is 18.9. The number of benzene rings is 2. The number of rotatable bonds is 2. The molecular weight excluding hydrogens is 401 g/mol. The van der Waals surface area contributed by atoms with Crippen LogP contribution in [0.1, 0.15) is 22.3 Å². The molecule has 2 aromatic carbocycles. The van der Waals surface area contributed by atoms with Crippen LogP contribution in [0.3, 0.4) is 0 Å². The number of thioether (sulfide) groups is 1. The number of nitrogens with zero attached hydrogens (tertiary/aromatic N) is 2. The van der Waals surface area contributed by atoms with Crippen molar-refractivity contribution in [3.05, 3.63) is 63.1 Å². The topological polar surface area (TPSA) is 32.7 Å². The minimum absolute atomic E-state index is 0.142. The van der Waals surface area contributed by atoms with Gasteiger partial charge in [-0.25, -0.2) is 8.78 Å². The second-order valence-corrected chi connectivity index (χ2v) is 7.56. The summed E-state index contributed by atoms with van der Waals surface area (Å²) in [6, 6.07) is 6.74. The van der Waals surface area contributed by atoms with Gasteiger partial charge in [0.1, 0.15) is 0 Å². The van der Waals surface area contributed by atoms with Crippen molar-refractivity contribution in [2.24, 2.45) is 4.99 Å². The number of aryl methyl sites for hydroxylation is 1. The highest BCUT2D eigenvalue weighted by atomic mass is 35.5. The first kappa shape index (κ1) is 19.1. The van der Waals surface area contributed by atoms with E-state index < -0.39 is 17.5 Å². The van der Waals surface area contributed by atoms with Crippen LogP contribution in [0.25, 0.3) is 0 Å². The minimum Gasteiger partial charge on any atom is -0.268 e. The summed E-state index contributed by atoms with van der Waals surface area (Å²) >= 11 is 13.6. The number of amides is 1. The number of anilines is 1. The molecule has 0 saturated carbocycles. The van der Waals surface area contributed by atoms with E-state index in [0.717, 1.165) is 29.9 Å². The van der Waals surface area contributed by atoms with E-state index in [4.69, 9.17) is 23.2 Å². The maximum Gasteiger partial charge on any atom is 0.266 e. The first-order chi connectivity index (χ1) is 12.4. The summed E-state index contributed by atoms with van der Waals surface area (Å²) < 4.78 is 27.1. The number of aliphatic imine (C=N–C) groups is 1. The van der Waals surface area contributed by atoms with Crippen molar-refractivity contribution in [2.45, 2.75) is 13.3 Å². The van der Waals surface area contributed by atoms with Crippen molar-refractivity contribution in [3.63, 3.8) is 0 Å². The number of amidine groups is 1. The lowest BCUT2D eigenvalue weighted by Crippen LogP contribution is -2.37. The Balaban J connectivity index is 2.11. The Morgan fingerprint density at radius 1 is 1.15 bits per heavy atom. The second-order valence-electron chi connectivity index (χ2n) is 5.69. The molecule has 1 aliphatic rings. The van der Waals surface area contributed by atoms with E-state index in [-0.39, 0.29) is 10.6 Å². The third-order valence-electron chi connectivity index (χ3n) is 3.83. The number of hydrogen-bond donors (Lipinski definition) is 0. The van der Waals surface area contributed by atoms with E-state index in [1.807, 2.05) is 6.92 Å². The van der Waals surface area contributed by atoms with Crippen LogP contribution in [0.15, 0.2) is 35.3 Å². The largest absolute Gasteiger partial charge is 0.268 e. The Hall–Kier alpha value is -1.63. The molecule has 0 spiro atoms. The molecule has 0 unspecified atom stereocenters. The molecule has 1 amide bonds. The van der Waals surface area contributed by atoms with Crippen LogP contribution in [0.5, 0.6) is 0 Å². The zero-order valence-corrected chi connectivity index (χ0v) is 16.1. The van der Waals surface area contributed by atoms with Crippen LogP contribution in [0.4, 0.5) is 14.5 Å². The van der Waals surface area contributed by atoms with Gasteiger partial charge in [-0.2, -0.15) is 0 Å². The van der Waals surface area contributed by atoms with E-state index in [2.05, 4.69) is 4.99 Å². The molecular formula is C18H14Cl2F2N2OS. The number of halogens is 4. The van der Waals surface area contributed by atoms with Gasteiger partial charge in [0.05, 0.1) is 16.3 Å². The molecule has 3 rings (SSSR count). The molecule has 0 saturated heterocycles. The molecule has 0 fully saturated rings. The number of carbonyl (C=O) groups is 1. The van der Waals surface area contributed by atoms with Crippen molar-refractivity contribution in [1.29, 1.82) is 0 Å². The molecule has 8 heteroatoms. The Labute approximate surface area is 164 Å². The minimum atomic E-state index is -1.14. The lowest BCUT2D eigenvalue weighted by atomic mass is 10.1. The second kappa shape index (κ2) is 7.94. The van der Waals surface area contributed by atoms with Crippen LogP contribution < -0.4 is 4.90 Å². The first-order valence-electron chi connectivity index (χ1n) is 7.81. The molecule has 2 aromatic rings. The van der Waals surface area contributed by atoms with Crippen molar-refractivity contribution < 1.29 is 13.6 Å². The summed E-state index contributed by atoms with van der Waals surface area (Å²) in [7, 11) is 0. The van der Waals surface area contributed by atoms with Crippen LogP contribution >= 0.6 is 35.0 Å². The quantitative estimate of drug-likeness (QED) is 0.588. The van der Waals surface area contributed by atoms with E-state index in [0.29, 0.717) is 22.4 Å². The lowest BCUT2D eigenvalue weighted by Gasteiger charge is -2.26. The Morgan fingerprint density at radius 2 is 1.88 bits per heavy atom. The maximum atomic E-state index is 13.7. The molecule has 1 aliphatic heterocycles. The molecule has 0 atom stereocenters. The van der Waals surface area contributed by atoms with Crippen molar-refractivity contribution in [1.82, 2.24) is 0 Å². The van der Waals surface area contributed by atoms with E-state index >= 15 is 0 Å². The fraction of sp³-hybridized carbons (Fsp3) is 0.222. The molecule has 3 nitrogen and oxygen atoms in total. The van der Waals surface area contributed by atoms with Crippen LogP contribution in [0, 0.1) is 18.6 Å². The highest BCUT2D eigenvalue weighted by molar-refractivity contribution is 8.14. The fourth-order valence-electron chi connectivity index (χ4n) is 2.43. The van der Waals surface area contributed by atoms with Gasteiger partial charge in [-0.15, -0.1) is 0 Å². The third kappa shape index (κ3) is 3.87. The monoisotopic (exact) mass is 414 g/mol. The zero-order chi connectivity index (χ0) is 18.8. The van der Waals surface area contributed by atoms with Crippen molar-refractivity contribution in [3.8, 4) is 0 Å². The molecule has 0 aliphatic carbocycles. The molecule has 0 aromatic heterocycles. The molecule has 0 N–H and O–H groups in total. The summed E-state index contributed by atoms with van der Waals surface area (Å²) in [5.41, 5.74) is 1.20. The van der Waals surface area contributed by atoms with Gasteiger partial charge in [0.15, 0.2) is 16.8 Å². The number of hydrogen-bond acceptors (Lipinski definition) is 3. The van der Waals surface area contributed by atoms with Gasteiger partial charge in [-0.3, -0.25) is 14.7 Å². The highest BCUT2D eigenvalue weighted by Gasteiger charge is 2.27. The highest BCUT2D eigenvalue weighted by Crippen LogP contribution is 2.30. The molecule has 1 heterocycles. The van der Waals surface area contributed by atoms with Gasteiger partial charge >= 0.3 is 0 Å². The van der Waals surface area contributed by atoms with Crippen molar-refractivity contribution in [2.75, 3.05) is 17.2 Å². The Morgan fingerprint density at radius 3 is 2.54 bits per heavy atom. The average Bonchev–Trinajstić information content (AvgIpc) is 2.62. The summed E-state index contributed by atoms with van der Waals surface area (Å²) in [6.45, 7) is 2.43. The van der Waals surface area contributed by atoms with Crippen molar-refractivity contribution >= 4 is 51.7 Å². The molecule has 26 heavy (non-hydrogen) atoms. The Bertz CT molecular complexity index is 905. The summed E-state index contributed by atoms with van der Waals surface area (Å²) in [5.74, 6) is -2.05. The SMILES string of the molecule is Cc1ccc(N(C(=O)c2cc(F)c(F)cc2Cl)C2=NCCCS2)cc1Cl. The van der Waals surface area contributed by atoms with Crippen LogP contribution in [0.2, 0.25) is 10.0 Å². The first-order valence-corrected chi connectivity index (χ1v) is 9.55. The maximum absolute atomic E-state index is 13.7. The summed E-state index contributed by atoms with van der Waals surface area (Å²) in [6.07, 6.45) is 0.900. The van der Waals surface area contributed by atoms with E-state index in [1.54, 1.807) is 18.2 Å². The van der Waals surface area contributed by atoms with Gasteiger partial charge in [0, 0.05) is 17.3 Å². The molecule has 136 valence electrons. The van der Waals surface area contributed by atoms with Gasteiger partial charge in [-0.05, 0) is 43.2 Å². The van der Waals surface area contributed by atoms with Gasteiger partial charge in [0.25, 0.3) is 5.91 Å². The van der Waals surface area contributed by atoms with Crippen LogP contribution in [-0.2, 0) is 0 Å². The fourth-order valence-corrected chi connectivity index (χ4v) is 3.79. The number of carbonyl (C=O) groups excluding carboxylic acids is 1. The van der Waals surface area contributed by atoms with Crippen LogP contribution in [-0.4, -0.2) is 23.4 Å². The summed E-state index contributed by atoms with van der Waals surface area (Å²) in [5, 5.41) is 0.790. The average molecular weight is 415 g/mol. The van der Waals surface area contributed by atoms with E-state index in [1.165, 1.54) is 16.7 Å². The van der Waals surface area contributed by atoms with Gasteiger partial charge in [-0.1, -0.05) is 41.0 Å². The standard InChI is InChI=1S/C18H14Cl2F2N2OS/c1-10-3-4-11(7-13(10)19)24(18-23-5-2-6-26-18)17(25)12-8-15(21)16(22)9-14(12)20/h3-4,7-9H,2,5-6H2,1H3. The predicted octanol–water partition coefficient (Wildman–Crippen LogP) is 5.72. The zero-order valence-electron chi connectivity index (χ0n) is 13.7. The normalized spacial score (nSPS) is 14.1. The third-order valence-corrected chi connectivity index (χ3v) is 5.61.